The average molecular weight is 364 g/mol. The monoisotopic (exact) mass is 363 g/mol. The lowest BCUT2D eigenvalue weighted by molar-refractivity contribution is -0.127. The third kappa shape index (κ3) is 7.07. The van der Waals surface area contributed by atoms with Gasteiger partial charge < -0.3 is 21.1 Å². The third-order valence-electron chi connectivity index (χ3n) is 3.15. The smallest absolute Gasteiger partial charge is 0.239 e. The van der Waals surface area contributed by atoms with Crippen molar-refractivity contribution in [2.75, 3.05) is 13.7 Å². The van der Waals surface area contributed by atoms with Crippen LogP contribution in [0.2, 0.25) is 5.02 Å². The maximum atomic E-state index is 11.7. The van der Waals surface area contributed by atoms with E-state index in [1.165, 1.54) is 7.11 Å². The van der Waals surface area contributed by atoms with Crippen LogP contribution in [-0.4, -0.2) is 31.5 Å². The summed E-state index contributed by atoms with van der Waals surface area (Å²) in [6.45, 7) is 3.90. The second kappa shape index (κ2) is 10.3. The fraction of sp³-hybridized carbons (Fsp3) is 0.467. The first-order chi connectivity index (χ1) is 10.3. The summed E-state index contributed by atoms with van der Waals surface area (Å²) in [5.74, 6) is -0.0370. The Morgan fingerprint density at radius 2 is 1.96 bits per heavy atom. The van der Waals surface area contributed by atoms with Gasteiger partial charge in [0.1, 0.15) is 5.75 Å². The predicted molar refractivity (Wildman–Crippen MR) is 92.9 cm³/mol. The van der Waals surface area contributed by atoms with Crippen LogP contribution in [0.3, 0.4) is 0 Å². The van der Waals surface area contributed by atoms with E-state index >= 15 is 0 Å². The van der Waals surface area contributed by atoms with E-state index in [2.05, 4.69) is 10.6 Å². The normalized spacial score (nSPS) is 11.4. The van der Waals surface area contributed by atoms with E-state index in [9.17, 15) is 9.59 Å². The molecule has 130 valence electrons. The van der Waals surface area contributed by atoms with Crippen molar-refractivity contribution in [3.8, 4) is 5.75 Å². The maximum Gasteiger partial charge on any atom is 0.239 e. The molecule has 0 aliphatic carbocycles. The molecule has 0 heterocycles. The van der Waals surface area contributed by atoms with Gasteiger partial charge in [0, 0.05) is 6.54 Å². The van der Waals surface area contributed by atoms with Gasteiger partial charge in [0.05, 0.1) is 24.7 Å². The molecule has 1 aromatic carbocycles. The lowest BCUT2D eigenvalue weighted by atomic mass is 10.1. The minimum atomic E-state index is -0.617. The van der Waals surface area contributed by atoms with Crippen LogP contribution in [0.1, 0.15) is 19.4 Å². The fourth-order valence-electron chi connectivity index (χ4n) is 1.67. The molecule has 6 nitrogen and oxygen atoms in total. The Morgan fingerprint density at radius 3 is 2.48 bits per heavy atom. The van der Waals surface area contributed by atoms with E-state index in [-0.39, 0.29) is 36.7 Å². The molecule has 0 saturated heterocycles. The number of carbonyl (C=O) groups is 2. The zero-order chi connectivity index (χ0) is 16.7. The van der Waals surface area contributed by atoms with Crippen molar-refractivity contribution in [1.29, 1.82) is 0 Å². The van der Waals surface area contributed by atoms with Crippen molar-refractivity contribution in [2.45, 2.75) is 26.4 Å². The summed E-state index contributed by atoms with van der Waals surface area (Å²) < 4.78 is 5.05. The van der Waals surface area contributed by atoms with Gasteiger partial charge >= 0.3 is 0 Å². The Bertz CT molecular complexity index is 539. The first kappa shape index (κ1) is 21.5. The van der Waals surface area contributed by atoms with Gasteiger partial charge in [0.15, 0.2) is 0 Å². The fourth-order valence-corrected chi connectivity index (χ4v) is 1.95. The number of hydrogen-bond donors (Lipinski definition) is 3. The molecule has 8 heteroatoms. The van der Waals surface area contributed by atoms with Crippen molar-refractivity contribution in [3.05, 3.63) is 28.8 Å². The first-order valence-corrected chi connectivity index (χ1v) is 7.35. The van der Waals surface area contributed by atoms with Crippen LogP contribution < -0.4 is 21.1 Å². The number of hydrogen-bond acceptors (Lipinski definition) is 4. The van der Waals surface area contributed by atoms with Crippen LogP contribution in [0.25, 0.3) is 0 Å². The number of ether oxygens (including phenoxy) is 1. The van der Waals surface area contributed by atoms with Crippen LogP contribution in [0, 0.1) is 5.92 Å². The highest BCUT2D eigenvalue weighted by atomic mass is 35.5. The number of benzene rings is 1. The highest BCUT2D eigenvalue weighted by molar-refractivity contribution is 6.32. The van der Waals surface area contributed by atoms with Crippen LogP contribution >= 0.6 is 24.0 Å². The molecule has 2 amide bonds. The SMILES string of the molecule is COc1ccc(CNC(=O)CNC(=O)[C@@H](N)C(C)C)cc1Cl.Cl. The van der Waals surface area contributed by atoms with Gasteiger partial charge in [-0.05, 0) is 23.6 Å². The molecular formula is C15H23Cl2N3O3. The van der Waals surface area contributed by atoms with E-state index in [1.54, 1.807) is 18.2 Å². The van der Waals surface area contributed by atoms with Crippen molar-refractivity contribution in [3.63, 3.8) is 0 Å². The molecule has 23 heavy (non-hydrogen) atoms. The summed E-state index contributed by atoms with van der Waals surface area (Å²) in [6, 6.07) is 4.63. The van der Waals surface area contributed by atoms with Crippen molar-refractivity contribution in [1.82, 2.24) is 10.6 Å². The number of halogens is 2. The molecule has 0 spiro atoms. The number of amides is 2. The van der Waals surface area contributed by atoms with Crippen LogP contribution in [0.5, 0.6) is 5.75 Å². The summed E-state index contributed by atoms with van der Waals surface area (Å²) in [7, 11) is 1.53. The van der Waals surface area contributed by atoms with Crippen molar-refractivity contribution < 1.29 is 14.3 Å². The Hall–Kier alpha value is -1.50. The maximum absolute atomic E-state index is 11.7. The largest absolute Gasteiger partial charge is 0.495 e. The molecule has 4 N–H and O–H groups in total. The quantitative estimate of drug-likeness (QED) is 0.683. The number of rotatable bonds is 7. The lowest BCUT2D eigenvalue weighted by Crippen LogP contribution is -2.47. The number of nitrogens with one attached hydrogen (secondary N) is 2. The average Bonchev–Trinajstić information content (AvgIpc) is 2.49. The topological polar surface area (TPSA) is 93.5 Å². The van der Waals surface area contributed by atoms with Gasteiger partial charge in [-0.1, -0.05) is 31.5 Å². The summed E-state index contributed by atoms with van der Waals surface area (Å²) >= 11 is 6.00. The second-order valence-corrected chi connectivity index (χ2v) is 5.64. The molecule has 0 aliphatic heterocycles. The standard InChI is InChI=1S/C15H22ClN3O3.ClH/c1-9(2)14(17)15(21)19-8-13(20)18-7-10-4-5-12(22-3)11(16)6-10;/h4-6,9,14H,7-8,17H2,1-3H3,(H,18,20)(H,19,21);1H/t14-;/m0./s1. The van der Waals surface area contributed by atoms with Crippen LogP contribution in [0.15, 0.2) is 18.2 Å². The molecule has 0 saturated carbocycles. The molecule has 0 aliphatic rings. The lowest BCUT2D eigenvalue weighted by Gasteiger charge is -2.15. The Balaban J connectivity index is 0.00000484. The van der Waals surface area contributed by atoms with Crippen LogP contribution in [-0.2, 0) is 16.1 Å². The van der Waals surface area contributed by atoms with E-state index in [0.717, 1.165) is 5.56 Å². The Kier molecular flexibility index (Phi) is 9.64. The van der Waals surface area contributed by atoms with E-state index in [4.69, 9.17) is 22.1 Å². The Morgan fingerprint density at radius 1 is 1.30 bits per heavy atom. The van der Waals surface area contributed by atoms with Gasteiger partial charge in [0.2, 0.25) is 11.8 Å². The van der Waals surface area contributed by atoms with E-state index in [0.29, 0.717) is 17.3 Å². The van der Waals surface area contributed by atoms with Gasteiger partial charge in [-0.25, -0.2) is 0 Å². The zero-order valence-electron chi connectivity index (χ0n) is 13.4. The minimum Gasteiger partial charge on any atom is -0.495 e. The number of methoxy groups -OCH3 is 1. The van der Waals surface area contributed by atoms with Gasteiger partial charge in [-0.3, -0.25) is 9.59 Å². The molecule has 0 aromatic heterocycles. The zero-order valence-corrected chi connectivity index (χ0v) is 15.0. The van der Waals surface area contributed by atoms with E-state index < -0.39 is 6.04 Å². The molecular weight excluding hydrogens is 341 g/mol. The molecule has 0 fully saturated rings. The van der Waals surface area contributed by atoms with E-state index in [1.807, 2.05) is 13.8 Å². The Labute approximate surface area is 147 Å². The summed E-state index contributed by atoms with van der Waals surface area (Å²) in [5.41, 5.74) is 6.52. The molecule has 0 unspecified atom stereocenters. The molecule has 0 radical (unpaired) electrons. The molecule has 1 atom stereocenters. The third-order valence-corrected chi connectivity index (χ3v) is 3.45. The molecule has 0 bridgehead atoms. The summed E-state index contributed by atoms with van der Waals surface area (Å²) in [6.07, 6.45) is 0. The second-order valence-electron chi connectivity index (χ2n) is 5.23. The van der Waals surface area contributed by atoms with Crippen molar-refractivity contribution >= 4 is 35.8 Å². The van der Waals surface area contributed by atoms with Gasteiger partial charge in [-0.2, -0.15) is 0 Å². The molecule has 1 aromatic rings. The summed E-state index contributed by atoms with van der Waals surface area (Å²) in [4.78, 5) is 23.3. The van der Waals surface area contributed by atoms with Gasteiger partial charge in [-0.15, -0.1) is 12.4 Å². The minimum absolute atomic E-state index is 0. The highest BCUT2D eigenvalue weighted by Crippen LogP contribution is 2.24. The summed E-state index contributed by atoms with van der Waals surface area (Å²) in [5, 5.41) is 5.68. The van der Waals surface area contributed by atoms with Crippen LogP contribution in [0.4, 0.5) is 0 Å². The first-order valence-electron chi connectivity index (χ1n) is 6.97. The predicted octanol–water partition coefficient (Wildman–Crippen LogP) is 1.49. The highest BCUT2D eigenvalue weighted by Gasteiger charge is 2.17. The van der Waals surface area contributed by atoms with Crippen molar-refractivity contribution in [2.24, 2.45) is 11.7 Å². The number of carbonyl (C=O) groups excluding carboxylic acids is 2. The number of nitrogens with two attached hydrogens (primary N) is 1. The van der Waals surface area contributed by atoms with Gasteiger partial charge in [0.25, 0.3) is 0 Å². The molecule has 1 rings (SSSR count).